The van der Waals surface area contributed by atoms with Crippen molar-refractivity contribution < 1.29 is 0 Å². The highest BCUT2D eigenvalue weighted by Gasteiger charge is 2.08. The van der Waals surface area contributed by atoms with E-state index < -0.39 is 0 Å². The lowest BCUT2D eigenvalue weighted by atomic mass is 10.1. The first-order chi connectivity index (χ1) is 7.61. The number of hydrogen-bond acceptors (Lipinski definition) is 2. The molecular weight excluding hydrogens is 222 g/mol. The van der Waals surface area contributed by atoms with Crippen LogP contribution in [0.25, 0.3) is 5.65 Å². The van der Waals surface area contributed by atoms with Gasteiger partial charge in [0.1, 0.15) is 10.8 Å². The molecule has 3 nitrogen and oxygen atoms in total. The van der Waals surface area contributed by atoms with E-state index in [2.05, 4.69) is 18.0 Å². The van der Waals surface area contributed by atoms with Gasteiger partial charge >= 0.3 is 0 Å². The molecule has 86 valence electrons. The van der Waals surface area contributed by atoms with Crippen LogP contribution in [0.4, 0.5) is 0 Å². The van der Waals surface area contributed by atoms with E-state index in [-0.39, 0.29) is 6.04 Å². The molecule has 0 amide bonds. The molecule has 2 aromatic heterocycles. The molecular formula is C12H16ClN3. The van der Waals surface area contributed by atoms with Gasteiger partial charge in [-0.05, 0) is 37.5 Å². The molecule has 0 aliphatic carbocycles. The van der Waals surface area contributed by atoms with Crippen LogP contribution in [-0.4, -0.2) is 15.4 Å². The smallest absolute Gasteiger partial charge is 0.138 e. The van der Waals surface area contributed by atoms with Crippen LogP contribution in [0.2, 0.25) is 5.15 Å². The van der Waals surface area contributed by atoms with Crippen molar-refractivity contribution in [1.82, 2.24) is 9.38 Å². The topological polar surface area (TPSA) is 43.3 Å². The van der Waals surface area contributed by atoms with E-state index in [1.165, 1.54) is 5.56 Å². The number of pyridine rings is 1. The highest BCUT2D eigenvalue weighted by atomic mass is 35.5. The minimum absolute atomic E-state index is 0.165. The second kappa shape index (κ2) is 4.44. The van der Waals surface area contributed by atoms with Gasteiger partial charge in [-0.2, -0.15) is 0 Å². The Kier molecular flexibility index (Phi) is 3.17. The lowest BCUT2D eigenvalue weighted by molar-refractivity contribution is 0.737. The third-order valence-corrected chi connectivity index (χ3v) is 2.99. The molecule has 4 heteroatoms. The van der Waals surface area contributed by atoms with Crippen LogP contribution in [0, 0.1) is 0 Å². The van der Waals surface area contributed by atoms with Crippen molar-refractivity contribution in [2.75, 3.05) is 0 Å². The Balaban J connectivity index is 2.46. The van der Waals surface area contributed by atoms with Gasteiger partial charge < -0.3 is 5.73 Å². The van der Waals surface area contributed by atoms with Gasteiger partial charge in [-0.25, -0.2) is 4.98 Å². The summed E-state index contributed by atoms with van der Waals surface area (Å²) in [5.74, 6) is 0. The number of halogens is 1. The standard InChI is InChI=1S/C12H16ClN3/c1-3-10-12(13)16-5-4-9(6-8(2)14)7-11(16)15-10/h4-5,7-8H,3,6,14H2,1-2H3. The molecule has 0 bridgehead atoms. The monoisotopic (exact) mass is 237 g/mol. The Morgan fingerprint density at radius 2 is 2.31 bits per heavy atom. The maximum Gasteiger partial charge on any atom is 0.138 e. The summed E-state index contributed by atoms with van der Waals surface area (Å²) in [6, 6.07) is 4.26. The molecule has 16 heavy (non-hydrogen) atoms. The zero-order valence-corrected chi connectivity index (χ0v) is 10.3. The summed E-state index contributed by atoms with van der Waals surface area (Å²) in [5.41, 5.74) is 8.82. The average Bonchev–Trinajstić information content (AvgIpc) is 2.54. The molecule has 0 radical (unpaired) electrons. The van der Waals surface area contributed by atoms with Crippen LogP contribution < -0.4 is 5.73 Å². The molecule has 0 saturated heterocycles. The molecule has 0 aliphatic rings. The molecule has 2 aromatic rings. The van der Waals surface area contributed by atoms with Gasteiger partial charge in [0.15, 0.2) is 0 Å². The van der Waals surface area contributed by atoms with E-state index in [1.54, 1.807) is 0 Å². The molecule has 2 N–H and O–H groups in total. The second-order valence-electron chi connectivity index (χ2n) is 4.15. The van der Waals surface area contributed by atoms with Crippen molar-refractivity contribution in [3.05, 3.63) is 34.7 Å². The van der Waals surface area contributed by atoms with Crippen LogP contribution >= 0.6 is 11.6 Å². The zero-order valence-electron chi connectivity index (χ0n) is 9.57. The summed E-state index contributed by atoms with van der Waals surface area (Å²) in [5, 5.41) is 0.713. The Labute approximate surface area is 100 Å². The van der Waals surface area contributed by atoms with Crippen LogP contribution in [-0.2, 0) is 12.8 Å². The van der Waals surface area contributed by atoms with E-state index in [1.807, 2.05) is 23.6 Å². The SMILES string of the molecule is CCc1nc2cc(CC(C)N)ccn2c1Cl. The first-order valence-electron chi connectivity index (χ1n) is 5.52. The average molecular weight is 238 g/mol. The minimum Gasteiger partial charge on any atom is -0.328 e. The fraction of sp³-hybridized carbons (Fsp3) is 0.417. The van der Waals surface area contributed by atoms with Crippen LogP contribution in [0.5, 0.6) is 0 Å². The van der Waals surface area contributed by atoms with E-state index in [4.69, 9.17) is 17.3 Å². The predicted molar refractivity (Wildman–Crippen MR) is 66.9 cm³/mol. The van der Waals surface area contributed by atoms with Gasteiger partial charge in [-0.1, -0.05) is 18.5 Å². The highest BCUT2D eigenvalue weighted by molar-refractivity contribution is 6.30. The maximum absolute atomic E-state index is 6.19. The third-order valence-electron chi connectivity index (χ3n) is 2.59. The van der Waals surface area contributed by atoms with E-state index in [0.717, 1.165) is 24.2 Å². The molecule has 0 aromatic carbocycles. The molecule has 0 spiro atoms. The number of rotatable bonds is 3. The first-order valence-corrected chi connectivity index (χ1v) is 5.90. The molecule has 0 saturated carbocycles. The molecule has 0 fully saturated rings. The molecule has 0 aliphatic heterocycles. The van der Waals surface area contributed by atoms with Gasteiger partial charge in [-0.15, -0.1) is 0 Å². The number of aryl methyl sites for hydroxylation is 1. The van der Waals surface area contributed by atoms with Gasteiger partial charge in [0, 0.05) is 12.2 Å². The summed E-state index contributed by atoms with van der Waals surface area (Å²) >= 11 is 6.19. The van der Waals surface area contributed by atoms with Crippen LogP contribution in [0.1, 0.15) is 25.1 Å². The van der Waals surface area contributed by atoms with E-state index in [9.17, 15) is 0 Å². The summed E-state index contributed by atoms with van der Waals surface area (Å²) < 4.78 is 1.91. The third kappa shape index (κ3) is 2.06. The summed E-state index contributed by atoms with van der Waals surface area (Å²) in [7, 11) is 0. The molecule has 1 unspecified atom stereocenters. The second-order valence-corrected chi connectivity index (χ2v) is 4.51. The Bertz CT molecular complexity index is 502. The zero-order chi connectivity index (χ0) is 11.7. The van der Waals surface area contributed by atoms with Crippen molar-refractivity contribution in [3.8, 4) is 0 Å². The number of imidazole rings is 1. The lowest BCUT2D eigenvalue weighted by Crippen LogP contribution is -2.17. The summed E-state index contributed by atoms with van der Waals surface area (Å²) in [6.07, 6.45) is 3.67. The summed E-state index contributed by atoms with van der Waals surface area (Å²) in [4.78, 5) is 4.49. The van der Waals surface area contributed by atoms with Crippen LogP contribution in [0.3, 0.4) is 0 Å². The normalized spacial score (nSPS) is 13.2. The van der Waals surface area contributed by atoms with Crippen molar-refractivity contribution in [2.24, 2.45) is 5.73 Å². The number of nitrogens with zero attached hydrogens (tertiary/aromatic N) is 2. The van der Waals surface area contributed by atoms with Gasteiger partial charge in [0.25, 0.3) is 0 Å². The minimum atomic E-state index is 0.165. The fourth-order valence-electron chi connectivity index (χ4n) is 1.83. The maximum atomic E-state index is 6.19. The van der Waals surface area contributed by atoms with Crippen molar-refractivity contribution in [1.29, 1.82) is 0 Å². The highest BCUT2D eigenvalue weighted by Crippen LogP contribution is 2.19. The van der Waals surface area contributed by atoms with Gasteiger partial charge in [0.05, 0.1) is 5.69 Å². The Morgan fingerprint density at radius 1 is 1.56 bits per heavy atom. The van der Waals surface area contributed by atoms with E-state index in [0.29, 0.717) is 5.15 Å². The van der Waals surface area contributed by atoms with Crippen molar-refractivity contribution >= 4 is 17.2 Å². The van der Waals surface area contributed by atoms with Crippen molar-refractivity contribution in [2.45, 2.75) is 32.7 Å². The Hall–Kier alpha value is -1.06. The van der Waals surface area contributed by atoms with Gasteiger partial charge in [-0.3, -0.25) is 4.40 Å². The number of aromatic nitrogens is 2. The van der Waals surface area contributed by atoms with Crippen LogP contribution in [0.15, 0.2) is 18.3 Å². The first kappa shape index (κ1) is 11.4. The largest absolute Gasteiger partial charge is 0.328 e. The number of hydrogen-bond donors (Lipinski definition) is 1. The molecule has 2 heterocycles. The number of nitrogens with two attached hydrogens (primary N) is 1. The Morgan fingerprint density at radius 3 is 2.94 bits per heavy atom. The number of fused-ring (bicyclic) bond motifs is 1. The predicted octanol–water partition coefficient (Wildman–Crippen LogP) is 2.44. The fourth-order valence-corrected chi connectivity index (χ4v) is 2.15. The molecule has 1 atom stereocenters. The molecule has 2 rings (SSSR count). The van der Waals surface area contributed by atoms with Crippen molar-refractivity contribution in [3.63, 3.8) is 0 Å². The summed E-state index contributed by atoms with van der Waals surface area (Å²) in [6.45, 7) is 4.05. The quantitative estimate of drug-likeness (QED) is 0.891. The van der Waals surface area contributed by atoms with E-state index >= 15 is 0 Å². The lowest BCUT2D eigenvalue weighted by Gasteiger charge is -2.05. The van der Waals surface area contributed by atoms with Gasteiger partial charge in [0.2, 0.25) is 0 Å².